The lowest BCUT2D eigenvalue weighted by Gasteiger charge is -2.12. The van der Waals surface area contributed by atoms with Crippen molar-refractivity contribution in [3.05, 3.63) is 53.6 Å². The van der Waals surface area contributed by atoms with E-state index in [-0.39, 0.29) is 23.5 Å². The second-order valence-corrected chi connectivity index (χ2v) is 5.52. The number of carbonyl (C=O) groups is 1. The second-order valence-electron chi connectivity index (χ2n) is 5.05. The molecule has 3 rings (SSSR count). The van der Waals surface area contributed by atoms with Crippen molar-refractivity contribution >= 4 is 23.2 Å². The van der Waals surface area contributed by atoms with Gasteiger partial charge in [-0.2, -0.15) is 13.9 Å². The molecule has 0 aliphatic heterocycles. The highest BCUT2D eigenvalue weighted by atomic mass is 35.5. The van der Waals surface area contributed by atoms with Gasteiger partial charge in [0.05, 0.1) is 18.5 Å². The van der Waals surface area contributed by atoms with E-state index in [4.69, 9.17) is 16.3 Å². The third-order valence-electron chi connectivity index (χ3n) is 3.40. The Morgan fingerprint density at radius 1 is 1.32 bits per heavy atom. The predicted molar refractivity (Wildman–Crippen MR) is 84.1 cm³/mol. The summed E-state index contributed by atoms with van der Waals surface area (Å²) < 4.78 is 46.4. The van der Waals surface area contributed by atoms with Crippen molar-refractivity contribution in [3.63, 3.8) is 0 Å². The van der Waals surface area contributed by atoms with Gasteiger partial charge in [0.1, 0.15) is 17.1 Å². The van der Waals surface area contributed by atoms with Crippen LogP contribution in [0.5, 0.6) is 0 Å². The minimum atomic E-state index is -3.76. The van der Waals surface area contributed by atoms with E-state index in [9.17, 15) is 18.0 Å². The first-order chi connectivity index (χ1) is 11.8. The van der Waals surface area contributed by atoms with Crippen LogP contribution in [0.25, 0.3) is 16.9 Å². The highest BCUT2D eigenvalue weighted by Crippen LogP contribution is 2.35. The van der Waals surface area contributed by atoms with E-state index < -0.39 is 22.9 Å². The first-order valence-corrected chi connectivity index (χ1v) is 7.58. The molecule has 0 bridgehead atoms. The molecular weight excluding hydrogens is 359 g/mol. The predicted octanol–water partition coefficient (Wildman–Crippen LogP) is 4.00. The minimum Gasteiger partial charge on any atom is -0.462 e. The maximum atomic E-state index is 13.8. The van der Waals surface area contributed by atoms with Crippen molar-refractivity contribution < 1.29 is 22.7 Å². The van der Waals surface area contributed by atoms with Gasteiger partial charge in [0.2, 0.25) is 0 Å². The molecule has 0 saturated heterocycles. The van der Waals surface area contributed by atoms with E-state index >= 15 is 0 Å². The molecule has 5 nitrogen and oxygen atoms in total. The molecule has 1 aromatic carbocycles. The molecule has 25 heavy (non-hydrogen) atoms. The van der Waals surface area contributed by atoms with Gasteiger partial charge in [-0.25, -0.2) is 18.7 Å². The summed E-state index contributed by atoms with van der Waals surface area (Å²) in [6.45, 7) is 1.71. The zero-order chi connectivity index (χ0) is 18.2. The number of rotatable bonds is 4. The Balaban J connectivity index is 2.26. The van der Waals surface area contributed by atoms with Crippen LogP contribution >= 0.6 is 11.6 Å². The molecule has 9 heteroatoms. The summed E-state index contributed by atoms with van der Waals surface area (Å²) in [5.41, 5.74) is -0.409. The fraction of sp³-hybridized carbons (Fsp3) is 0.188. The summed E-state index contributed by atoms with van der Waals surface area (Å²) in [6.07, 6.45) is 1.08. The molecule has 0 spiro atoms. The van der Waals surface area contributed by atoms with Gasteiger partial charge in [-0.05, 0) is 48.9 Å². The van der Waals surface area contributed by atoms with Gasteiger partial charge >= 0.3 is 11.4 Å². The maximum Gasteiger partial charge on any atom is 0.364 e. The van der Waals surface area contributed by atoms with Crippen molar-refractivity contribution in [2.24, 2.45) is 0 Å². The van der Waals surface area contributed by atoms with Gasteiger partial charge in [-0.15, -0.1) is 0 Å². The summed E-state index contributed by atoms with van der Waals surface area (Å²) in [5.74, 6) is -1.23. The Bertz CT molecular complexity index is 936. The Hall–Kier alpha value is -2.61. The van der Waals surface area contributed by atoms with E-state index in [0.717, 1.165) is 16.8 Å². The minimum absolute atomic E-state index is 0.0759. The van der Waals surface area contributed by atoms with Crippen LogP contribution in [0.15, 0.2) is 36.5 Å². The third-order valence-corrected chi connectivity index (χ3v) is 3.59. The average Bonchev–Trinajstić information content (AvgIpc) is 2.97. The van der Waals surface area contributed by atoms with E-state index in [0.29, 0.717) is 5.56 Å². The molecule has 130 valence electrons. The molecule has 0 aliphatic rings. The smallest absolute Gasteiger partial charge is 0.364 e. The lowest BCUT2D eigenvalue weighted by Crippen LogP contribution is -2.13. The molecule has 2 aromatic heterocycles. The fourth-order valence-corrected chi connectivity index (χ4v) is 2.42. The van der Waals surface area contributed by atoms with Gasteiger partial charge < -0.3 is 4.74 Å². The highest BCUT2D eigenvalue weighted by Gasteiger charge is 2.33. The molecule has 0 radical (unpaired) electrons. The van der Waals surface area contributed by atoms with Gasteiger partial charge in [0, 0.05) is 5.56 Å². The Morgan fingerprint density at radius 2 is 2.00 bits per heavy atom. The second kappa shape index (κ2) is 6.36. The number of benzene rings is 1. The van der Waals surface area contributed by atoms with Gasteiger partial charge in [0.25, 0.3) is 0 Å². The molecule has 0 N–H and O–H groups in total. The lowest BCUT2D eigenvalue weighted by molar-refractivity contribution is 0.0528. The number of aromatic nitrogens is 3. The average molecular weight is 370 g/mol. The Morgan fingerprint density at radius 3 is 2.60 bits per heavy atom. The number of carbonyl (C=O) groups excluding carboxylic acids is 1. The van der Waals surface area contributed by atoms with Crippen LogP contribution in [0.3, 0.4) is 0 Å². The number of fused-ring (bicyclic) bond motifs is 1. The summed E-state index contributed by atoms with van der Waals surface area (Å²) in [4.78, 5) is 16.2. The number of ether oxygens (including phenoxy) is 1. The quantitative estimate of drug-likeness (QED) is 0.515. The van der Waals surface area contributed by atoms with Crippen molar-refractivity contribution in [3.8, 4) is 11.3 Å². The summed E-state index contributed by atoms with van der Waals surface area (Å²) >= 11 is 5.17. The zero-order valence-electron chi connectivity index (χ0n) is 12.8. The number of alkyl halides is 3. The van der Waals surface area contributed by atoms with Crippen LogP contribution in [0.1, 0.15) is 23.0 Å². The van der Waals surface area contributed by atoms with E-state index in [1.165, 1.54) is 24.3 Å². The van der Waals surface area contributed by atoms with Gasteiger partial charge in [-0.3, -0.25) is 0 Å². The number of hydrogen-bond acceptors (Lipinski definition) is 4. The molecule has 0 aliphatic carbocycles. The largest absolute Gasteiger partial charge is 0.462 e. The number of hydrogen-bond donors (Lipinski definition) is 0. The van der Waals surface area contributed by atoms with Crippen LogP contribution in [0, 0.1) is 5.82 Å². The molecule has 2 heterocycles. The van der Waals surface area contributed by atoms with Gasteiger partial charge in [-0.1, -0.05) is 0 Å². The third kappa shape index (κ3) is 3.30. The molecule has 0 fully saturated rings. The van der Waals surface area contributed by atoms with Crippen LogP contribution in [-0.2, 0) is 10.1 Å². The van der Waals surface area contributed by atoms with E-state index in [2.05, 4.69) is 10.1 Å². The summed E-state index contributed by atoms with van der Waals surface area (Å²) in [5, 5.41) is 0.0102. The summed E-state index contributed by atoms with van der Waals surface area (Å²) in [7, 11) is 0. The summed E-state index contributed by atoms with van der Waals surface area (Å²) in [6, 6.07) is 6.13. The molecule has 3 aromatic rings. The first kappa shape index (κ1) is 17.2. The van der Waals surface area contributed by atoms with Crippen molar-refractivity contribution in [1.82, 2.24) is 14.6 Å². The highest BCUT2D eigenvalue weighted by molar-refractivity contribution is 6.21. The maximum absolute atomic E-state index is 13.8. The zero-order valence-corrected chi connectivity index (χ0v) is 13.6. The molecule has 0 saturated carbocycles. The van der Waals surface area contributed by atoms with E-state index in [1.807, 2.05) is 0 Å². The van der Waals surface area contributed by atoms with Crippen molar-refractivity contribution in [2.45, 2.75) is 12.3 Å². The van der Waals surface area contributed by atoms with Crippen molar-refractivity contribution in [1.29, 1.82) is 0 Å². The Kier molecular flexibility index (Phi) is 4.38. The Labute approximate surface area is 145 Å². The van der Waals surface area contributed by atoms with Gasteiger partial charge in [0.15, 0.2) is 5.65 Å². The SMILES string of the molecule is CCOC(=O)c1cnn2c(C(F)(F)Cl)cc(-c3ccc(F)cc3)nc12. The fourth-order valence-electron chi connectivity index (χ4n) is 2.29. The molecule has 0 unspecified atom stereocenters. The molecule has 0 amide bonds. The molecular formula is C16H11ClF3N3O2. The standard InChI is InChI=1S/C16H11ClF3N3O2/c1-2-25-15(24)11-8-21-23-13(16(17,19)20)7-12(22-14(11)23)9-3-5-10(18)6-4-9/h3-8H,2H2,1H3. The van der Waals surface area contributed by atoms with Crippen LogP contribution in [0.2, 0.25) is 0 Å². The van der Waals surface area contributed by atoms with E-state index in [1.54, 1.807) is 6.92 Å². The normalized spacial score (nSPS) is 11.7. The van der Waals surface area contributed by atoms with Crippen LogP contribution < -0.4 is 0 Å². The number of halogens is 4. The monoisotopic (exact) mass is 369 g/mol. The number of esters is 1. The topological polar surface area (TPSA) is 56.5 Å². The van der Waals surface area contributed by atoms with Crippen LogP contribution in [-0.4, -0.2) is 27.2 Å². The number of nitrogens with zero attached hydrogens (tertiary/aromatic N) is 3. The van der Waals surface area contributed by atoms with Crippen LogP contribution in [0.4, 0.5) is 13.2 Å². The molecule has 0 atom stereocenters. The first-order valence-electron chi connectivity index (χ1n) is 7.20. The van der Waals surface area contributed by atoms with Crippen molar-refractivity contribution in [2.75, 3.05) is 6.61 Å². The lowest BCUT2D eigenvalue weighted by atomic mass is 10.1.